The summed E-state index contributed by atoms with van der Waals surface area (Å²) < 4.78 is 9.49. The Labute approximate surface area is 281 Å². The molecule has 3 aliphatic heterocycles. The summed E-state index contributed by atoms with van der Waals surface area (Å²) in [6.45, 7) is 8.82. The van der Waals surface area contributed by atoms with Crippen LogP contribution >= 0.6 is 0 Å². The molecule has 4 amide bonds. The van der Waals surface area contributed by atoms with E-state index in [4.69, 9.17) is 14.5 Å². The first-order valence-electron chi connectivity index (χ1n) is 16.7. The van der Waals surface area contributed by atoms with Crippen molar-refractivity contribution in [3.05, 3.63) is 48.1 Å². The molecule has 0 spiro atoms. The van der Waals surface area contributed by atoms with Gasteiger partial charge in [-0.1, -0.05) is 52.0 Å². The molecule has 0 radical (unpaired) electrons. The molecule has 258 valence electrons. The van der Waals surface area contributed by atoms with Gasteiger partial charge in [0, 0.05) is 31.4 Å². The van der Waals surface area contributed by atoms with E-state index in [1.165, 1.54) is 14.2 Å². The smallest absolute Gasteiger partial charge is 0.407 e. The normalized spacial score (nSPS) is 20.4. The molecule has 3 N–H and O–H groups in total. The van der Waals surface area contributed by atoms with Gasteiger partial charge in [0.2, 0.25) is 11.8 Å². The zero-order valence-corrected chi connectivity index (χ0v) is 28.6. The van der Waals surface area contributed by atoms with Gasteiger partial charge < -0.3 is 34.9 Å². The standard InChI is InChI=1S/C35H47N7O6/c1-20(2)29(39-34(45)47-5)32(43)41-15-7-9-27(41)25-17-24(18-36-25)22-11-13-23(14-12-22)26-19-37-31(38-26)28-10-8-16-42(28)33(44)30(21(3)4)40-35(46)48-6/h11-14,18-21,27-30H,7-10,15-17H2,1-6H3,(H,37,38)(H,39,45)(H,40,46)/t27-,28?,29?,30-/m0/s1. The molecule has 3 aliphatic rings. The molecule has 2 unspecified atom stereocenters. The Morgan fingerprint density at radius 3 is 1.88 bits per heavy atom. The van der Waals surface area contributed by atoms with Gasteiger partial charge in [-0.25, -0.2) is 14.6 Å². The van der Waals surface area contributed by atoms with Crippen LogP contribution < -0.4 is 10.6 Å². The van der Waals surface area contributed by atoms with E-state index < -0.39 is 24.3 Å². The third-order valence-corrected chi connectivity index (χ3v) is 9.47. The number of aromatic nitrogens is 2. The number of alkyl carbamates (subject to hydrolysis) is 2. The highest BCUT2D eigenvalue weighted by atomic mass is 16.5. The molecule has 13 heteroatoms. The van der Waals surface area contributed by atoms with Crippen molar-refractivity contribution >= 4 is 35.3 Å². The lowest BCUT2D eigenvalue weighted by atomic mass is 9.96. The average Bonchev–Trinajstić information content (AvgIpc) is 3.90. The number of carbonyl (C=O) groups is 4. The van der Waals surface area contributed by atoms with Crippen molar-refractivity contribution in [2.75, 3.05) is 27.3 Å². The van der Waals surface area contributed by atoms with Gasteiger partial charge in [-0.05, 0) is 54.2 Å². The van der Waals surface area contributed by atoms with Gasteiger partial charge in [0.25, 0.3) is 0 Å². The Kier molecular flexibility index (Phi) is 10.9. The van der Waals surface area contributed by atoms with Gasteiger partial charge in [-0.3, -0.25) is 14.6 Å². The number of amides is 4. The first-order chi connectivity index (χ1) is 23.0. The van der Waals surface area contributed by atoms with Crippen LogP contribution in [0.15, 0.2) is 41.7 Å². The molecular formula is C35H47N7O6. The van der Waals surface area contributed by atoms with Crippen molar-refractivity contribution < 1.29 is 28.7 Å². The number of nitrogens with zero attached hydrogens (tertiary/aromatic N) is 4. The fraction of sp³-hybridized carbons (Fsp3) is 0.543. The molecule has 48 heavy (non-hydrogen) atoms. The molecular weight excluding hydrogens is 614 g/mol. The maximum Gasteiger partial charge on any atom is 0.407 e. The van der Waals surface area contributed by atoms with Crippen LogP contribution in [0.3, 0.4) is 0 Å². The van der Waals surface area contributed by atoms with Crippen molar-refractivity contribution in [1.29, 1.82) is 0 Å². The van der Waals surface area contributed by atoms with Gasteiger partial charge >= 0.3 is 12.2 Å². The van der Waals surface area contributed by atoms with Gasteiger partial charge in [0.15, 0.2) is 0 Å². The molecule has 2 fully saturated rings. The molecule has 1 aromatic heterocycles. The van der Waals surface area contributed by atoms with Crippen LogP contribution in [-0.4, -0.2) is 94.9 Å². The topological polar surface area (TPSA) is 158 Å². The van der Waals surface area contributed by atoms with Crippen molar-refractivity contribution in [2.45, 2.75) is 84.0 Å². The lowest BCUT2D eigenvalue weighted by Gasteiger charge is -2.31. The Morgan fingerprint density at radius 1 is 0.812 bits per heavy atom. The molecule has 0 saturated carbocycles. The Balaban J connectivity index is 1.22. The van der Waals surface area contributed by atoms with E-state index in [9.17, 15) is 19.2 Å². The average molecular weight is 662 g/mol. The number of allylic oxidation sites excluding steroid dienone is 1. The summed E-state index contributed by atoms with van der Waals surface area (Å²) in [5, 5.41) is 5.39. The third-order valence-electron chi connectivity index (χ3n) is 9.47. The second-order valence-electron chi connectivity index (χ2n) is 13.3. The number of hydrogen-bond donors (Lipinski definition) is 3. The quantitative estimate of drug-likeness (QED) is 0.334. The number of aromatic amines is 1. The summed E-state index contributed by atoms with van der Waals surface area (Å²) in [7, 11) is 2.58. The largest absolute Gasteiger partial charge is 0.453 e. The zero-order chi connectivity index (χ0) is 34.5. The predicted octanol–water partition coefficient (Wildman–Crippen LogP) is 4.68. The summed E-state index contributed by atoms with van der Waals surface area (Å²) >= 11 is 0. The molecule has 4 atom stereocenters. The molecule has 1 aromatic carbocycles. The second kappa shape index (κ2) is 15.0. The number of benzene rings is 1. The number of carbonyl (C=O) groups excluding carboxylic acids is 4. The van der Waals surface area contributed by atoms with Crippen LogP contribution in [-0.2, 0) is 19.1 Å². The molecule has 4 heterocycles. The number of aliphatic imine (C=N–C) groups is 1. The number of ether oxygens (including phenoxy) is 2. The molecule has 13 nitrogen and oxygen atoms in total. The van der Waals surface area contributed by atoms with Crippen LogP contribution in [0, 0.1) is 11.8 Å². The van der Waals surface area contributed by atoms with Gasteiger partial charge in [0.05, 0.1) is 38.2 Å². The van der Waals surface area contributed by atoms with Crippen LogP contribution in [0.1, 0.15) is 77.2 Å². The molecule has 0 aliphatic carbocycles. The maximum atomic E-state index is 13.5. The number of H-pyrrole nitrogens is 1. The highest BCUT2D eigenvalue weighted by Crippen LogP contribution is 2.34. The minimum Gasteiger partial charge on any atom is -0.453 e. The fourth-order valence-electron chi connectivity index (χ4n) is 6.79. The van der Waals surface area contributed by atoms with Crippen molar-refractivity contribution in [3.63, 3.8) is 0 Å². The number of nitrogens with one attached hydrogen (secondary N) is 3. The third kappa shape index (κ3) is 7.39. The fourth-order valence-corrected chi connectivity index (χ4v) is 6.79. The summed E-state index contributed by atoms with van der Waals surface area (Å²) in [6.07, 6.45) is 6.42. The van der Waals surface area contributed by atoms with Crippen LogP contribution in [0.4, 0.5) is 9.59 Å². The number of methoxy groups -OCH3 is 2. The lowest BCUT2D eigenvalue weighted by Crippen LogP contribution is -2.53. The van der Waals surface area contributed by atoms with E-state index >= 15 is 0 Å². The van der Waals surface area contributed by atoms with Crippen LogP contribution in [0.25, 0.3) is 16.8 Å². The number of likely N-dealkylation sites (tertiary alicyclic amines) is 2. The zero-order valence-electron chi connectivity index (χ0n) is 28.6. The Morgan fingerprint density at radius 2 is 1.33 bits per heavy atom. The highest BCUT2D eigenvalue weighted by Gasteiger charge is 2.39. The summed E-state index contributed by atoms with van der Waals surface area (Å²) in [5.74, 6) is 0.268. The molecule has 2 aromatic rings. The first-order valence-corrected chi connectivity index (χ1v) is 16.7. The van der Waals surface area contributed by atoms with E-state index in [1.807, 2.05) is 50.9 Å². The van der Waals surface area contributed by atoms with E-state index in [-0.39, 0.29) is 35.7 Å². The number of hydrogen-bond acceptors (Lipinski definition) is 8. The van der Waals surface area contributed by atoms with Gasteiger partial charge in [-0.2, -0.15) is 0 Å². The first kappa shape index (κ1) is 34.6. The maximum absolute atomic E-state index is 13.5. The van der Waals surface area contributed by atoms with Crippen LogP contribution in [0.5, 0.6) is 0 Å². The summed E-state index contributed by atoms with van der Waals surface area (Å²) in [6, 6.07) is 6.52. The highest BCUT2D eigenvalue weighted by molar-refractivity contribution is 6.03. The van der Waals surface area contributed by atoms with E-state index in [0.717, 1.165) is 53.8 Å². The van der Waals surface area contributed by atoms with Crippen molar-refractivity contribution in [3.8, 4) is 11.3 Å². The van der Waals surface area contributed by atoms with Gasteiger partial charge in [-0.15, -0.1) is 0 Å². The van der Waals surface area contributed by atoms with E-state index in [1.54, 1.807) is 11.1 Å². The Bertz CT molecular complexity index is 1560. The SMILES string of the molecule is COC(=O)NC(C(=O)N1CCC[C@H]1C1=NC=C(c2ccc(-c3cnc(C4CCCN4C(=O)[C@@H](NC(=O)OC)C(C)C)[nH]3)cc2)C1)C(C)C. The minimum atomic E-state index is -0.688. The molecule has 0 bridgehead atoms. The summed E-state index contributed by atoms with van der Waals surface area (Å²) in [5.41, 5.74) is 4.89. The number of rotatable bonds is 10. The van der Waals surface area contributed by atoms with Gasteiger partial charge in [0.1, 0.15) is 17.9 Å². The molecule has 2 saturated heterocycles. The predicted molar refractivity (Wildman–Crippen MR) is 181 cm³/mol. The molecule has 5 rings (SSSR count). The van der Waals surface area contributed by atoms with E-state index in [2.05, 4.69) is 32.7 Å². The van der Waals surface area contributed by atoms with Crippen molar-refractivity contribution in [1.82, 2.24) is 30.4 Å². The lowest BCUT2D eigenvalue weighted by molar-refractivity contribution is -0.135. The second-order valence-corrected chi connectivity index (χ2v) is 13.3. The summed E-state index contributed by atoms with van der Waals surface area (Å²) in [4.78, 5) is 67.3. The number of imidazole rings is 1. The monoisotopic (exact) mass is 661 g/mol. The van der Waals surface area contributed by atoms with Crippen molar-refractivity contribution in [2.24, 2.45) is 16.8 Å². The Hall–Kier alpha value is -4.68. The van der Waals surface area contributed by atoms with Crippen LogP contribution in [0.2, 0.25) is 0 Å². The minimum absolute atomic E-state index is 0.0892. The van der Waals surface area contributed by atoms with E-state index in [0.29, 0.717) is 25.3 Å².